The molecule has 1 aromatic carbocycles. The van der Waals surface area contributed by atoms with Crippen molar-refractivity contribution in [3.8, 4) is 0 Å². The second-order valence-corrected chi connectivity index (χ2v) is 5.87. The molecule has 0 saturated heterocycles. The van der Waals surface area contributed by atoms with Crippen molar-refractivity contribution in [2.24, 2.45) is 5.92 Å². The first-order valence-electron chi connectivity index (χ1n) is 7.38. The lowest BCUT2D eigenvalue weighted by Crippen LogP contribution is -2.39. The van der Waals surface area contributed by atoms with Crippen molar-refractivity contribution in [1.29, 1.82) is 0 Å². The third kappa shape index (κ3) is 3.85. The van der Waals surface area contributed by atoms with E-state index < -0.39 is 0 Å². The lowest BCUT2D eigenvalue weighted by Gasteiger charge is -2.21. The van der Waals surface area contributed by atoms with E-state index in [1.807, 2.05) is 39.0 Å². The first-order chi connectivity index (χ1) is 10.0. The van der Waals surface area contributed by atoms with Gasteiger partial charge in [-0.05, 0) is 30.9 Å². The van der Waals surface area contributed by atoms with Gasteiger partial charge in [0.1, 0.15) is 5.58 Å². The second kappa shape index (κ2) is 6.76. The van der Waals surface area contributed by atoms with Crippen LogP contribution in [0.3, 0.4) is 0 Å². The molecule has 0 spiro atoms. The summed E-state index contributed by atoms with van der Waals surface area (Å²) in [6, 6.07) is 5.98. The monoisotopic (exact) mass is 289 g/mol. The van der Waals surface area contributed by atoms with E-state index in [4.69, 9.17) is 9.52 Å². The minimum absolute atomic E-state index is 0.00269. The number of rotatable bonds is 6. The molecule has 4 heteroatoms. The SMILES string of the molecule is Cc1ccc2c(CC(=O)NC(CCO)C(C)C)coc2c1. The molecule has 1 heterocycles. The number of hydrogen-bond acceptors (Lipinski definition) is 3. The van der Waals surface area contributed by atoms with E-state index >= 15 is 0 Å². The minimum atomic E-state index is -0.0366. The number of fused-ring (bicyclic) bond motifs is 1. The summed E-state index contributed by atoms with van der Waals surface area (Å²) in [4.78, 5) is 12.2. The average molecular weight is 289 g/mol. The molecule has 4 nitrogen and oxygen atoms in total. The van der Waals surface area contributed by atoms with Crippen LogP contribution in [-0.2, 0) is 11.2 Å². The summed E-state index contributed by atoms with van der Waals surface area (Å²) in [5.41, 5.74) is 2.85. The highest BCUT2D eigenvalue weighted by molar-refractivity contribution is 5.88. The van der Waals surface area contributed by atoms with Crippen molar-refractivity contribution in [2.45, 2.75) is 39.7 Å². The number of nitrogens with one attached hydrogen (secondary N) is 1. The van der Waals surface area contributed by atoms with E-state index in [-0.39, 0.29) is 18.6 Å². The van der Waals surface area contributed by atoms with Gasteiger partial charge in [0.15, 0.2) is 0 Å². The van der Waals surface area contributed by atoms with E-state index in [9.17, 15) is 4.79 Å². The summed E-state index contributed by atoms with van der Waals surface area (Å²) in [5.74, 6) is 0.260. The number of carbonyl (C=O) groups is 1. The van der Waals surface area contributed by atoms with E-state index in [1.165, 1.54) is 0 Å². The molecule has 0 saturated carbocycles. The van der Waals surface area contributed by atoms with Crippen LogP contribution in [0.4, 0.5) is 0 Å². The Morgan fingerprint density at radius 3 is 2.81 bits per heavy atom. The molecular formula is C17H23NO3. The van der Waals surface area contributed by atoms with Crippen LogP contribution in [0.15, 0.2) is 28.9 Å². The molecule has 0 aliphatic carbocycles. The van der Waals surface area contributed by atoms with Crippen LogP contribution < -0.4 is 5.32 Å². The number of aryl methyl sites for hydroxylation is 1. The highest BCUT2D eigenvalue weighted by Gasteiger charge is 2.17. The van der Waals surface area contributed by atoms with Crippen LogP contribution in [0, 0.1) is 12.8 Å². The molecular weight excluding hydrogens is 266 g/mol. The van der Waals surface area contributed by atoms with E-state index in [0.29, 0.717) is 18.8 Å². The summed E-state index contributed by atoms with van der Waals surface area (Å²) in [5, 5.41) is 13.0. The standard InChI is InChI=1S/C17H23NO3/c1-11(2)15(6-7-19)18-17(20)9-13-10-21-16-8-12(3)4-5-14(13)16/h4-5,8,10-11,15,19H,6-7,9H2,1-3H3,(H,18,20). The van der Waals surface area contributed by atoms with Crippen molar-refractivity contribution in [1.82, 2.24) is 5.32 Å². The van der Waals surface area contributed by atoms with Gasteiger partial charge in [-0.15, -0.1) is 0 Å². The Balaban J connectivity index is 2.07. The lowest BCUT2D eigenvalue weighted by molar-refractivity contribution is -0.121. The molecule has 2 rings (SSSR count). The Morgan fingerprint density at radius 2 is 2.14 bits per heavy atom. The predicted molar refractivity (Wildman–Crippen MR) is 83.1 cm³/mol. The van der Waals surface area contributed by atoms with E-state index in [2.05, 4.69) is 5.32 Å². The van der Waals surface area contributed by atoms with Crippen molar-refractivity contribution in [2.75, 3.05) is 6.61 Å². The Kier molecular flexibility index (Phi) is 5.02. The minimum Gasteiger partial charge on any atom is -0.464 e. The number of furan rings is 1. The van der Waals surface area contributed by atoms with Crippen LogP contribution in [0.5, 0.6) is 0 Å². The number of benzene rings is 1. The van der Waals surface area contributed by atoms with Crippen LogP contribution in [0.2, 0.25) is 0 Å². The van der Waals surface area contributed by atoms with Gasteiger partial charge in [-0.25, -0.2) is 0 Å². The smallest absolute Gasteiger partial charge is 0.224 e. The van der Waals surface area contributed by atoms with Crippen LogP contribution in [0.1, 0.15) is 31.4 Å². The topological polar surface area (TPSA) is 62.5 Å². The van der Waals surface area contributed by atoms with Crippen molar-refractivity contribution in [3.63, 3.8) is 0 Å². The van der Waals surface area contributed by atoms with Gasteiger partial charge in [-0.3, -0.25) is 4.79 Å². The maximum Gasteiger partial charge on any atom is 0.224 e. The second-order valence-electron chi connectivity index (χ2n) is 5.87. The highest BCUT2D eigenvalue weighted by atomic mass is 16.3. The van der Waals surface area contributed by atoms with Gasteiger partial charge >= 0.3 is 0 Å². The zero-order valence-electron chi connectivity index (χ0n) is 12.8. The first-order valence-corrected chi connectivity index (χ1v) is 7.38. The van der Waals surface area contributed by atoms with Gasteiger partial charge in [-0.1, -0.05) is 26.0 Å². The maximum absolute atomic E-state index is 12.2. The fraction of sp³-hybridized carbons (Fsp3) is 0.471. The van der Waals surface area contributed by atoms with Gasteiger partial charge in [0.25, 0.3) is 0 Å². The Labute approximate surface area is 125 Å². The fourth-order valence-electron chi connectivity index (χ4n) is 2.47. The number of hydrogen-bond donors (Lipinski definition) is 2. The molecule has 0 aliphatic rings. The van der Waals surface area contributed by atoms with Gasteiger partial charge in [0.05, 0.1) is 12.7 Å². The molecule has 0 radical (unpaired) electrons. The Morgan fingerprint density at radius 1 is 1.38 bits per heavy atom. The molecule has 2 aromatic rings. The summed E-state index contributed by atoms with van der Waals surface area (Å²) in [7, 11) is 0. The lowest BCUT2D eigenvalue weighted by atomic mass is 10.0. The summed E-state index contributed by atoms with van der Waals surface area (Å²) >= 11 is 0. The third-order valence-corrected chi connectivity index (χ3v) is 3.75. The first kappa shape index (κ1) is 15.6. The largest absolute Gasteiger partial charge is 0.464 e. The predicted octanol–water partition coefficient (Wildman–Crippen LogP) is 2.81. The molecule has 2 N–H and O–H groups in total. The molecule has 114 valence electrons. The Hall–Kier alpha value is -1.81. The third-order valence-electron chi connectivity index (χ3n) is 3.75. The average Bonchev–Trinajstić information content (AvgIpc) is 2.80. The highest BCUT2D eigenvalue weighted by Crippen LogP contribution is 2.22. The molecule has 1 unspecified atom stereocenters. The van der Waals surface area contributed by atoms with Crippen molar-refractivity contribution >= 4 is 16.9 Å². The summed E-state index contributed by atoms with van der Waals surface area (Å²) in [6.07, 6.45) is 2.53. The number of carbonyl (C=O) groups excluding carboxylic acids is 1. The van der Waals surface area contributed by atoms with Crippen LogP contribution in [0.25, 0.3) is 11.0 Å². The van der Waals surface area contributed by atoms with Gasteiger partial charge < -0.3 is 14.8 Å². The molecule has 21 heavy (non-hydrogen) atoms. The van der Waals surface area contributed by atoms with Gasteiger partial charge in [0, 0.05) is 23.6 Å². The summed E-state index contributed by atoms with van der Waals surface area (Å²) < 4.78 is 5.51. The molecule has 1 aromatic heterocycles. The van der Waals surface area contributed by atoms with Crippen LogP contribution >= 0.6 is 0 Å². The zero-order valence-corrected chi connectivity index (χ0v) is 12.8. The zero-order chi connectivity index (χ0) is 15.4. The molecule has 0 aliphatic heterocycles. The normalized spacial score (nSPS) is 12.8. The number of aliphatic hydroxyl groups is 1. The molecule has 0 bridgehead atoms. The number of aliphatic hydroxyl groups excluding tert-OH is 1. The molecule has 0 fully saturated rings. The molecule has 1 amide bonds. The molecule has 1 atom stereocenters. The van der Waals surface area contributed by atoms with Gasteiger partial charge in [0.2, 0.25) is 5.91 Å². The van der Waals surface area contributed by atoms with Crippen LogP contribution in [-0.4, -0.2) is 23.7 Å². The number of amides is 1. The van der Waals surface area contributed by atoms with Crippen molar-refractivity contribution < 1.29 is 14.3 Å². The van der Waals surface area contributed by atoms with E-state index in [1.54, 1.807) is 6.26 Å². The van der Waals surface area contributed by atoms with Crippen molar-refractivity contribution in [3.05, 3.63) is 35.6 Å². The quantitative estimate of drug-likeness (QED) is 0.859. The van der Waals surface area contributed by atoms with Gasteiger partial charge in [-0.2, -0.15) is 0 Å². The Bertz CT molecular complexity index is 616. The fourth-order valence-corrected chi connectivity index (χ4v) is 2.47. The maximum atomic E-state index is 12.2. The van der Waals surface area contributed by atoms with E-state index in [0.717, 1.165) is 22.1 Å². The summed E-state index contributed by atoms with van der Waals surface area (Å²) in [6.45, 7) is 6.17.